The monoisotopic (exact) mass is 239 g/mol. The largest absolute Gasteiger partial charge is 0.494 e. The summed E-state index contributed by atoms with van der Waals surface area (Å²) in [7, 11) is 0. The van der Waals surface area contributed by atoms with E-state index in [1.165, 1.54) is 5.56 Å². The van der Waals surface area contributed by atoms with E-state index in [0.29, 0.717) is 5.25 Å². The average molecular weight is 239 g/mol. The molecule has 1 aromatic carbocycles. The fourth-order valence-electron chi connectivity index (χ4n) is 1.42. The fraction of sp³-hybridized carbons (Fsp3) is 0.538. The Balaban J connectivity index is 2.38. The van der Waals surface area contributed by atoms with Gasteiger partial charge in [-0.2, -0.15) is 11.8 Å². The van der Waals surface area contributed by atoms with E-state index in [9.17, 15) is 0 Å². The van der Waals surface area contributed by atoms with E-state index in [1.807, 2.05) is 30.8 Å². The van der Waals surface area contributed by atoms with E-state index in [0.717, 1.165) is 25.4 Å². The smallest absolute Gasteiger partial charge is 0.119 e. The van der Waals surface area contributed by atoms with Crippen LogP contribution in [0.3, 0.4) is 0 Å². The number of ether oxygens (including phenoxy) is 1. The van der Waals surface area contributed by atoms with E-state index in [2.05, 4.69) is 30.6 Å². The fourth-order valence-corrected chi connectivity index (χ4v) is 1.70. The minimum absolute atomic E-state index is 0.662. The molecule has 1 aromatic rings. The molecule has 0 aliphatic heterocycles. The molecular weight excluding hydrogens is 218 g/mol. The Morgan fingerprint density at radius 3 is 2.94 bits per heavy atom. The van der Waals surface area contributed by atoms with Crippen molar-refractivity contribution in [2.24, 2.45) is 0 Å². The van der Waals surface area contributed by atoms with Crippen LogP contribution in [0.25, 0.3) is 0 Å². The quantitative estimate of drug-likeness (QED) is 0.790. The van der Waals surface area contributed by atoms with Crippen LogP contribution in [0.2, 0.25) is 0 Å². The Morgan fingerprint density at radius 2 is 2.25 bits per heavy atom. The lowest BCUT2D eigenvalue weighted by Gasteiger charge is -2.10. The second kappa shape index (κ2) is 7.58. The van der Waals surface area contributed by atoms with Gasteiger partial charge < -0.3 is 10.1 Å². The Bertz CT molecular complexity index is 304. The molecule has 0 radical (unpaired) electrons. The van der Waals surface area contributed by atoms with Gasteiger partial charge >= 0.3 is 0 Å². The Kier molecular flexibility index (Phi) is 6.34. The highest BCUT2D eigenvalue weighted by Crippen LogP contribution is 2.13. The lowest BCUT2D eigenvalue weighted by Crippen LogP contribution is -2.21. The molecule has 0 fully saturated rings. The molecule has 2 nitrogen and oxygen atoms in total. The van der Waals surface area contributed by atoms with Gasteiger partial charge in [0, 0.05) is 18.3 Å². The summed E-state index contributed by atoms with van der Waals surface area (Å²) in [5, 5.41) is 4.11. The van der Waals surface area contributed by atoms with Gasteiger partial charge in [0.05, 0.1) is 6.61 Å². The topological polar surface area (TPSA) is 21.3 Å². The minimum Gasteiger partial charge on any atom is -0.494 e. The van der Waals surface area contributed by atoms with Crippen LogP contribution in [-0.4, -0.2) is 24.7 Å². The zero-order valence-corrected chi connectivity index (χ0v) is 11.1. The Hall–Kier alpha value is -0.670. The Morgan fingerprint density at radius 1 is 1.44 bits per heavy atom. The molecule has 0 aliphatic carbocycles. The maximum atomic E-state index is 5.46. The number of nitrogens with one attached hydrogen (secondary N) is 1. The number of hydrogen-bond donors (Lipinski definition) is 1. The van der Waals surface area contributed by atoms with Gasteiger partial charge in [0.2, 0.25) is 0 Å². The van der Waals surface area contributed by atoms with Gasteiger partial charge in [-0.25, -0.2) is 0 Å². The summed E-state index contributed by atoms with van der Waals surface area (Å²) >= 11 is 1.88. The molecule has 0 bridgehead atoms. The summed E-state index contributed by atoms with van der Waals surface area (Å²) in [5.74, 6) is 0.958. The van der Waals surface area contributed by atoms with Crippen LogP contribution in [0.15, 0.2) is 24.3 Å². The van der Waals surface area contributed by atoms with Crippen LogP contribution >= 0.6 is 11.8 Å². The van der Waals surface area contributed by atoms with E-state index in [-0.39, 0.29) is 0 Å². The van der Waals surface area contributed by atoms with Crippen molar-refractivity contribution >= 4 is 11.8 Å². The molecular formula is C13H21NOS. The number of rotatable bonds is 7. The Labute approximate surface area is 103 Å². The summed E-state index contributed by atoms with van der Waals surface area (Å²) in [4.78, 5) is 0. The first-order valence-electron chi connectivity index (χ1n) is 5.71. The standard InChI is InChI=1S/C13H21NOS/c1-4-15-13-7-5-6-12(8-13)10-14-9-11(2)16-3/h5-8,11,14H,4,9-10H2,1-3H3. The molecule has 1 atom stereocenters. The number of benzene rings is 1. The van der Waals surface area contributed by atoms with Gasteiger partial charge in [-0.3, -0.25) is 0 Å². The van der Waals surface area contributed by atoms with Gasteiger partial charge in [0.25, 0.3) is 0 Å². The van der Waals surface area contributed by atoms with Crippen molar-refractivity contribution in [3.8, 4) is 5.75 Å². The van der Waals surface area contributed by atoms with Crippen molar-refractivity contribution in [1.82, 2.24) is 5.32 Å². The first kappa shape index (κ1) is 13.4. The molecule has 0 saturated heterocycles. The normalized spacial score (nSPS) is 12.4. The summed E-state index contributed by atoms with van der Waals surface area (Å²) in [6.45, 7) is 6.91. The molecule has 0 aromatic heterocycles. The predicted octanol–water partition coefficient (Wildman–Crippen LogP) is 2.93. The summed E-state index contributed by atoms with van der Waals surface area (Å²) in [6, 6.07) is 8.26. The number of hydrogen-bond acceptors (Lipinski definition) is 3. The van der Waals surface area contributed by atoms with Gasteiger partial charge in [-0.05, 0) is 30.9 Å². The van der Waals surface area contributed by atoms with Crippen LogP contribution in [0.1, 0.15) is 19.4 Å². The lowest BCUT2D eigenvalue weighted by molar-refractivity contribution is 0.340. The van der Waals surface area contributed by atoms with Crippen molar-refractivity contribution in [3.05, 3.63) is 29.8 Å². The molecule has 1 rings (SSSR count). The highest BCUT2D eigenvalue weighted by Gasteiger charge is 1.99. The molecule has 16 heavy (non-hydrogen) atoms. The van der Waals surface area contributed by atoms with E-state index in [1.54, 1.807) is 0 Å². The summed E-state index contributed by atoms with van der Waals surface area (Å²) in [6.07, 6.45) is 2.14. The van der Waals surface area contributed by atoms with Crippen LogP contribution in [0, 0.1) is 0 Å². The minimum atomic E-state index is 0.662. The first-order valence-corrected chi connectivity index (χ1v) is 7.00. The molecule has 90 valence electrons. The zero-order chi connectivity index (χ0) is 11.8. The number of thioether (sulfide) groups is 1. The van der Waals surface area contributed by atoms with Crippen molar-refractivity contribution in [1.29, 1.82) is 0 Å². The first-order chi connectivity index (χ1) is 7.76. The van der Waals surface area contributed by atoms with Crippen LogP contribution in [-0.2, 0) is 6.54 Å². The molecule has 1 N–H and O–H groups in total. The molecule has 3 heteroatoms. The second-order valence-electron chi connectivity index (χ2n) is 3.76. The van der Waals surface area contributed by atoms with Crippen LogP contribution in [0.5, 0.6) is 5.75 Å². The average Bonchev–Trinajstić information content (AvgIpc) is 2.30. The second-order valence-corrected chi connectivity index (χ2v) is 5.03. The highest BCUT2D eigenvalue weighted by atomic mass is 32.2. The third kappa shape index (κ3) is 4.90. The van der Waals surface area contributed by atoms with Gasteiger partial charge in [-0.1, -0.05) is 19.1 Å². The molecule has 0 spiro atoms. The molecule has 0 heterocycles. The zero-order valence-electron chi connectivity index (χ0n) is 10.3. The third-order valence-electron chi connectivity index (χ3n) is 2.37. The van der Waals surface area contributed by atoms with Crippen LogP contribution in [0.4, 0.5) is 0 Å². The highest BCUT2D eigenvalue weighted by molar-refractivity contribution is 7.99. The van der Waals surface area contributed by atoms with Crippen LogP contribution < -0.4 is 10.1 Å². The van der Waals surface area contributed by atoms with Crippen molar-refractivity contribution < 1.29 is 4.74 Å². The summed E-state index contributed by atoms with van der Waals surface area (Å²) < 4.78 is 5.46. The molecule has 0 aliphatic rings. The van der Waals surface area contributed by atoms with Crippen molar-refractivity contribution in [2.45, 2.75) is 25.6 Å². The summed E-state index contributed by atoms with van der Waals surface area (Å²) in [5.41, 5.74) is 1.28. The SMILES string of the molecule is CCOc1cccc(CNCC(C)SC)c1. The van der Waals surface area contributed by atoms with Crippen molar-refractivity contribution in [3.63, 3.8) is 0 Å². The lowest BCUT2D eigenvalue weighted by atomic mass is 10.2. The van der Waals surface area contributed by atoms with Gasteiger partial charge in [0.1, 0.15) is 5.75 Å². The van der Waals surface area contributed by atoms with Gasteiger partial charge in [0.15, 0.2) is 0 Å². The maximum Gasteiger partial charge on any atom is 0.119 e. The molecule has 1 unspecified atom stereocenters. The van der Waals surface area contributed by atoms with E-state index in [4.69, 9.17) is 4.74 Å². The third-order valence-corrected chi connectivity index (χ3v) is 3.34. The van der Waals surface area contributed by atoms with E-state index < -0.39 is 0 Å². The molecule has 0 amide bonds. The predicted molar refractivity (Wildman–Crippen MR) is 72.3 cm³/mol. The maximum absolute atomic E-state index is 5.46. The van der Waals surface area contributed by atoms with Gasteiger partial charge in [-0.15, -0.1) is 0 Å². The molecule has 0 saturated carbocycles. The van der Waals surface area contributed by atoms with Crippen molar-refractivity contribution in [2.75, 3.05) is 19.4 Å². The van der Waals surface area contributed by atoms with E-state index >= 15 is 0 Å².